The zero-order chi connectivity index (χ0) is 15.5. The van der Waals surface area contributed by atoms with Gasteiger partial charge in [0, 0.05) is 6.54 Å². The Kier molecular flexibility index (Phi) is 5.12. The average molecular weight is 296 g/mol. The van der Waals surface area contributed by atoms with Crippen LogP contribution in [-0.2, 0) is 4.79 Å². The molecule has 3 N–H and O–H groups in total. The summed E-state index contributed by atoms with van der Waals surface area (Å²) in [5.74, 6) is 0.921. The van der Waals surface area contributed by atoms with Gasteiger partial charge in [-0.15, -0.1) is 0 Å². The van der Waals surface area contributed by atoms with Crippen LogP contribution >= 0.6 is 0 Å². The molecule has 2 saturated carbocycles. The molecule has 0 bridgehead atoms. The van der Waals surface area contributed by atoms with Crippen LogP contribution in [-0.4, -0.2) is 29.2 Å². The summed E-state index contributed by atoms with van der Waals surface area (Å²) in [4.78, 5) is 23.6. The SMILES string of the molecule is CC1CCC(NC(=O)NCC2CCC(C)C2)(C(=O)O)CC1. The highest BCUT2D eigenvalue weighted by molar-refractivity contribution is 5.86. The van der Waals surface area contributed by atoms with Crippen molar-refractivity contribution in [2.24, 2.45) is 17.8 Å². The summed E-state index contributed by atoms with van der Waals surface area (Å²) >= 11 is 0. The molecular weight excluding hydrogens is 268 g/mol. The molecule has 0 aromatic rings. The number of hydrogen-bond donors (Lipinski definition) is 3. The molecule has 2 rings (SSSR count). The van der Waals surface area contributed by atoms with Crippen molar-refractivity contribution in [2.45, 2.75) is 64.3 Å². The minimum atomic E-state index is -1.07. The van der Waals surface area contributed by atoms with E-state index in [4.69, 9.17) is 0 Å². The topological polar surface area (TPSA) is 78.4 Å². The molecular formula is C16H28N2O3. The Morgan fingerprint density at radius 3 is 2.29 bits per heavy atom. The van der Waals surface area contributed by atoms with Gasteiger partial charge in [0.05, 0.1) is 0 Å². The van der Waals surface area contributed by atoms with Crippen molar-refractivity contribution in [1.29, 1.82) is 0 Å². The van der Waals surface area contributed by atoms with Gasteiger partial charge in [-0.05, 0) is 56.3 Å². The number of rotatable bonds is 4. The maximum absolute atomic E-state index is 12.1. The number of hydrogen-bond acceptors (Lipinski definition) is 2. The number of carbonyl (C=O) groups excluding carboxylic acids is 1. The molecule has 0 saturated heterocycles. The van der Waals surface area contributed by atoms with Crippen molar-refractivity contribution in [3.8, 4) is 0 Å². The fourth-order valence-electron chi connectivity index (χ4n) is 3.66. The Morgan fingerprint density at radius 2 is 1.76 bits per heavy atom. The fraction of sp³-hybridized carbons (Fsp3) is 0.875. The third-order valence-electron chi connectivity index (χ3n) is 5.24. The number of carboxylic acids is 1. The van der Waals surface area contributed by atoms with E-state index in [1.807, 2.05) is 0 Å². The van der Waals surface area contributed by atoms with Crippen LogP contribution in [0.25, 0.3) is 0 Å². The van der Waals surface area contributed by atoms with Gasteiger partial charge in [0.15, 0.2) is 0 Å². The van der Waals surface area contributed by atoms with Crippen molar-refractivity contribution >= 4 is 12.0 Å². The van der Waals surface area contributed by atoms with Gasteiger partial charge < -0.3 is 15.7 Å². The van der Waals surface area contributed by atoms with E-state index in [0.29, 0.717) is 31.2 Å². The number of urea groups is 1. The van der Waals surface area contributed by atoms with Gasteiger partial charge in [0.1, 0.15) is 5.54 Å². The van der Waals surface area contributed by atoms with Crippen molar-refractivity contribution in [3.05, 3.63) is 0 Å². The van der Waals surface area contributed by atoms with Gasteiger partial charge in [0.25, 0.3) is 0 Å². The van der Waals surface area contributed by atoms with E-state index in [2.05, 4.69) is 24.5 Å². The molecule has 21 heavy (non-hydrogen) atoms. The lowest BCUT2D eigenvalue weighted by Crippen LogP contribution is -2.58. The number of aliphatic carboxylic acids is 1. The van der Waals surface area contributed by atoms with Crippen LogP contribution in [0.1, 0.15) is 58.8 Å². The zero-order valence-electron chi connectivity index (χ0n) is 13.2. The predicted octanol–water partition coefficient (Wildman–Crippen LogP) is 2.76. The van der Waals surface area contributed by atoms with Gasteiger partial charge in [-0.25, -0.2) is 9.59 Å². The summed E-state index contributed by atoms with van der Waals surface area (Å²) in [5, 5.41) is 15.1. The Morgan fingerprint density at radius 1 is 1.10 bits per heavy atom. The molecule has 2 amide bonds. The second-order valence-corrected chi connectivity index (χ2v) is 7.19. The summed E-state index contributed by atoms with van der Waals surface area (Å²) in [6.07, 6.45) is 6.30. The summed E-state index contributed by atoms with van der Waals surface area (Å²) < 4.78 is 0. The molecule has 2 unspecified atom stereocenters. The van der Waals surface area contributed by atoms with Crippen molar-refractivity contribution in [1.82, 2.24) is 10.6 Å². The number of amides is 2. The first kappa shape index (κ1) is 16.1. The monoisotopic (exact) mass is 296 g/mol. The smallest absolute Gasteiger partial charge is 0.329 e. The molecule has 2 aliphatic carbocycles. The third kappa shape index (κ3) is 4.11. The second kappa shape index (κ2) is 6.67. The third-order valence-corrected chi connectivity index (χ3v) is 5.24. The van der Waals surface area contributed by atoms with Crippen LogP contribution in [0, 0.1) is 17.8 Å². The summed E-state index contributed by atoms with van der Waals surface area (Å²) in [6.45, 7) is 5.03. The van der Waals surface area contributed by atoms with Gasteiger partial charge in [-0.3, -0.25) is 0 Å². The molecule has 2 aliphatic rings. The van der Waals surface area contributed by atoms with Crippen molar-refractivity contribution < 1.29 is 14.7 Å². The first-order valence-electron chi connectivity index (χ1n) is 8.20. The van der Waals surface area contributed by atoms with Gasteiger partial charge in [-0.1, -0.05) is 20.3 Å². The quantitative estimate of drug-likeness (QED) is 0.746. The summed E-state index contributed by atoms with van der Waals surface area (Å²) in [7, 11) is 0. The minimum Gasteiger partial charge on any atom is -0.480 e. The minimum absolute atomic E-state index is 0.327. The molecule has 5 nitrogen and oxygen atoms in total. The molecule has 120 valence electrons. The van der Waals surface area contributed by atoms with Crippen LogP contribution in [0.4, 0.5) is 4.79 Å². The molecule has 0 aromatic carbocycles. The second-order valence-electron chi connectivity index (χ2n) is 7.19. The molecule has 0 spiro atoms. The number of carbonyl (C=O) groups is 2. The zero-order valence-corrected chi connectivity index (χ0v) is 13.2. The highest BCUT2D eigenvalue weighted by atomic mass is 16.4. The van der Waals surface area contributed by atoms with E-state index in [1.54, 1.807) is 0 Å². The molecule has 0 aliphatic heterocycles. The maximum atomic E-state index is 12.1. The van der Waals surface area contributed by atoms with E-state index in [9.17, 15) is 14.7 Å². The van der Waals surface area contributed by atoms with Crippen LogP contribution in [0.3, 0.4) is 0 Å². The first-order chi connectivity index (χ1) is 9.91. The Labute approximate surface area is 126 Å². The summed E-state index contributed by atoms with van der Waals surface area (Å²) in [6, 6.07) is -0.327. The maximum Gasteiger partial charge on any atom is 0.329 e. The highest BCUT2D eigenvalue weighted by Gasteiger charge is 2.42. The Bertz CT molecular complexity index is 389. The van der Waals surface area contributed by atoms with E-state index >= 15 is 0 Å². The van der Waals surface area contributed by atoms with Gasteiger partial charge in [0.2, 0.25) is 0 Å². The van der Waals surface area contributed by atoms with E-state index in [1.165, 1.54) is 6.42 Å². The normalized spacial score (nSPS) is 36.2. The van der Waals surface area contributed by atoms with Crippen LogP contribution in [0.2, 0.25) is 0 Å². The lowest BCUT2D eigenvalue weighted by molar-refractivity contribution is -0.146. The Balaban J connectivity index is 1.83. The van der Waals surface area contributed by atoms with Crippen molar-refractivity contribution in [2.75, 3.05) is 6.54 Å². The number of nitrogens with one attached hydrogen (secondary N) is 2. The lowest BCUT2D eigenvalue weighted by atomic mass is 9.77. The molecule has 0 heterocycles. The highest BCUT2D eigenvalue weighted by Crippen LogP contribution is 2.32. The van der Waals surface area contributed by atoms with Crippen LogP contribution < -0.4 is 10.6 Å². The standard InChI is InChI=1S/C16H28N2O3/c1-11-5-7-16(8-6-11,14(19)20)18-15(21)17-10-13-4-3-12(2)9-13/h11-13H,3-10H2,1-2H3,(H,19,20)(H2,17,18,21). The molecule has 0 radical (unpaired) electrons. The average Bonchev–Trinajstić information content (AvgIpc) is 2.85. The summed E-state index contributed by atoms with van der Waals surface area (Å²) in [5.41, 5.74) is -1.07. The molecule has 5 heteroatoms. The van der Waals surface area contributed by atoms with Crippen molar-refractivity contribution in [3.63, 3.8) is 0 Å². The molecule has 0 aromatic heterocycles. The predicted molar refractivity (Wildman–Crippen MR) is 81.0 cm³/mol. The Hall–Kier alpha value is -1.26. The fourth-order valence-corrected chi connectivity index (χ4v) is 3.66. The van der Waals surface area contributed by atoms with E-state index in [0.717, 1.165) is 31.6 Å². The number of carboxylic acid groups (broad SMARTS) is 1. The van der Waals surface area contributed by atoms with Gasteiger partial charge >= 0.3 is 12.0 Å². The van der Waals surface area contributed by atoms with Gasteiger partial charge in [-0.2, -0.15) is 0 Å². The first-order valence-corrected chi connectivity index (χ1v) is 8.20. The van der Waals surface area contributed by atoms with E-state index < -0.39 is 11.5 Å². The largest absolute Gasteiger partial charge is 0.480 e. The van der Waals surface area contributed by atoms with Crippen LogP contribution in [0.5, 0.6) is 0 Å². The lowest BCUT2D eigenvalue weighted by Gasteiger charge is -2.36. The van der Waals surface area contributed by atoms with E-state index in [-0.39, 0.29) is 6.03 Å². The molecule has 2 atom stereocenters. The molecule has 2 fully saturated rings. The van der Waals surface area contributed by atoms with Crippen LogP contribution in [0.15, 0.2) is 0 Å².